The molecular weight excluding hydrogens is 295 g/mol. The molecule has 0 fully saturated rings. The fraction of sp³-hybridized carbons (Fsp3) is 0.462. The van der Waals surface area contributed by atoms with E-state index in [1.165, 1.54) is 0 Å². The Kier molecular flexibility index (Phi) is 10.9. The van der Waals surface area contributed by atoms with Gasteiger partial charge in [-0.3, -0.25) is 18.9 Å². The summed E-state index contributed by atoms with van der Waals surface area (Å²) in [5.74, 6) is -0.907. The molecule has 0 saturated carbocycles. The van der Waals surface area contributed by atoms with Gasteiger partial charge in [0.2, 0.25) is 11.8 Å². The van der Waals surface area contributed by atoms with Crippen LogP contribution in [0.25, 0.3) is 0 Å². The van der Waals surface area contributed by atoms with Crippen LogP contribution in [-0.2, 0) is 23.7 Å². The Morgan fingerprint density at radius 3 is 2.05 bits per heavy atom. The molecule has 0 aliphatic heterocycles. The van der Waals surface area contributed by atoms with E-state index in [1.807, 2.05) is 0 Å². The highest BCUT2D eigenvalue weighted by Gasteiger charge is 2.12. The maximum atomic E-state index is 11.2. The maximum Gasteiger partial charge on any atom is 0.243 e. The van der Waals surface area contributed by atoms with Crippen LogP contribution in [0.3, 0.4) is 0 Å². The number of Topliss-reactive ketones (excluding diaryl/α,β-unsaturated/α-hetero) is 1. The Morgan fingerprint density at radius 1 is 1.10 bits per heavy atom. The van der Waals surface area contributed by atoms with Gasteiger partial charge in [-0.25, -0.2) is 0 Å². The van der Waals surface area contributed by atoms with Crippen LogP contribution in [0.4, 0.5) is 0 Å². The van der Waals surface area contributed by atoms with Crippen molar-refractivity contribution in [3.8, 4) is 0 Å². The summed E-state index contributed by atoms with van der Waals surface area (Å²) in [6.45, 7) is 7.09. The van der Waals surface area contributed by atoms with Crippen molar-refractivity contribution in [3.63, 3.8) is 0 Å². The highest BCUT2D eigenvalue weighted by atomic mass is 31.1. The largest absolute Gasteiger partial charge is 0.374 e. The second-order valence-corrected chi connectivity index (χ2v) is 4.54. The predicted molar refractivity (Wildman–Crippen MR) is 78.3 cm³/mol. The number of carbonyl (C=O) groups excluding carboxylic acids is 3. The van der Waals surface area contributed by atoms with Crippen molar-refractivity contribution in [3.05, 3.63) is 25.3 Å². The van der Waals surface area contributed by atoms with Gasteiger partial charge in [-0.15, -0.1) is 0 Å². The molecule has 0 atom stereocenters. The molecule has 7 nitrogen and oxygen atoms in total. The number of carbonyl (C=O) groups is 3. The Hall–Kier alpha value is -1.85. The molecule has 0 aliphatic rings. The Balaban J connectivity index is 4.22. The monoisotopic (exact) mass is 314 g/mol. The molecule has 21 heavy (non-hydrogen) atoms. The fourth-order valence-corrected chi connectivity index (χ4v) is 1.56. The molecule has 116 valence electrons. The van der Waals surface area contributed by atoms with Crippen LogP contribution in [0.2, 0.25) is 0 Å². The molecule has 0 aliphatic carbocycles. The van der Waals surface area contributed by atoms with Gasteiger partial charge < -0.3 is 15.4 Å². The average Bonchev–Trinajstić information content (AvgIpc) is 2.48. The minimum Gasteiger partial charge on any atom is -0.374 e. The van der Waals surface area contributed by atoms with Crippen molar-refractivity contribution < 1.29 is 23.7 Å². The molecule has 0 aromatic carbocycles. The standard InChI is InChI=1S/C13H19N2O5P/c1-3-12(17)14-7-11(8-15-13(18)4-2)20-6-5-10(16)9-21-19/h3-4,11H,1-2,5-9H2,(H,14,17)(H,15,18). The van der Waals surface area contributed by atoms with Gasteiger partial charge in [0.25, 0.3) is 0 Å². The van der Waals surface area contributed by atoms with Crippen molar-refractivity contribution in [2.24, 2.45) is 0 Å². The summed E-state index contributed by atoms with van der Waals surface area (Å²) < 4.78 is 15.7. The summed E-state index contributed by atoms with van der Waals surface area (Å²) in [4.78, 5) is 33.4. The van der Waals surface area contributed by atoms with E-state index in [1.54, 1.807) is 0 Å². The lowest BCUT2D eigenvalue weighted by atomic mass is 10.3. The van der Waals surface area contributed by atoms with Crippen molar-refractivity contribution in [2.75, 3.05) is 25.9 Å². The fourth-order valence-electron chi connectivity index (χ4n) is 1.25. The normalized spacial score (nSPS) is 10.1. The van der Waals surface area contributed by atoms with Gasteiger partial charge >= 0.3 is 0 Å². The number of hydrogen-bond acceptors (Lipinski definition) is 5. The molecule has 0 unspecified atom stereocenters. The van der Waals surface area contributed by atoms with Crippen LogP contribution in [0.15, 0.2) is 25.3 Å². The van der Waals surface area contributed by atoms with Gasteiger partial charge in [-0.2, -0.15) is 0 Å². The van der Waals surface area contributed by atoms with E-state index in [9.17, 15) is 18.9 Å². The van der Waals surface area contributed by atoms with E-state index in [-0.39, 0.29) is 58.3 Å². The van der Waals surface area contributed by atoms with Crippen LogP contribution in [0.1, 0.15) is 6.42 Å². The average molecular weight is 314 g/mol. The van der Waals surface area contributed by atoms with Gasteiger partial charge in [0.05, 0.1) is 18.9 Å². The number of nitrogens with one attached hydrogen (secondary N) is 2. The highest BCUT2D eigenvalue weighted by molar-refractivity contribution is 7.25. The number of ketones is 1. The van der Waals surface area contributed by atoms with Crippen molar-refractivity contribution in [2.45, 2.75) is 12.5 Å². The van der Waals surface area contributed by atoms with E-state index < -0.39 is 6.10 Å². The van der Waals surface area contributed by atoms with Crippen LogP contribution < -0.4 is 10.6 Å². The van der Waals surface area contributed by atoms with E-state index >= 15 is 0 Å². The third kappa shape index (κ3) is 10.6. The van der Waals surface area contributed by atoms with Crippen molar-refractivity contribution in [1.29, 1.82) is 0 Å². The van der Waals surface area contributed by atoms with Gasteiger partial charge in [0.1, 0.15) is 5.78 Å². The third-order valence-corrected chi connectivity index (χ3v) is 2.84. The van der Waals surface area contributed by atoms with E-state index in [4.69, 9.17) is 4.74 Å². The van der Waals surface area contributed by atoms with Crippen molar-refractivity contribution in [1.82, 2.24) is 10.6 Å². The molecule has 0 bridgehead atoms. The van der Waals surface area contributed by atoms with Crippen LogP contribution >= 0.6 is 8.46 Å². The second kappa shape index (κ2) is 11.9. The minimum atomic E-state index is -0.490. The third-order valence-electron chi connectivity index (χ3n) is 2.35. The SMILES string of the molecule is C=CC(=O)NCC(CNC(=O)C=C)OCCC(=O)CP=O. The van der Waals surface area contributed by atoms with Gasteiger partial charge in [-0.1, -0.05) is 13.2 Å². The first kappa shape index (κ1) is 19.1. The van der Waals surface area contributed by atoms with Crippen molar-refractivity contribution >= 4 is 26.1 Å². The van der Waals surface area contributed by atoms with E-state index in [0.29, 0.717) is 0 Å². The Labute approximate surface area is 125 Å². The Bertz CT molecular complexity index is 387. The zero-order valence-electron chi connectivity index (χ0n) is 11.7. The number of amides is 2. The number of hydrogen-bond donors (Lipinski definition) is 2. The van der Waals surface area contributed by atoms with Gasteiger partial charge in [0.15, 0.2) is 8.46 Å². The second-order valence-electron chi connectivity index (χ2n) is 3.97. The first-order valence-corrected chi connectivity index (χ1v) is 7.26. The first-order chi connectivity index (χ1) is 10.0. The number of rotatable bonds is 12. The number of ether oxygens (including phenoxy) is 1. The van der Waals surface area contributed by atoms with Crippen LogP contribution in [0, 0.1) is 0 Å². The summed E-state index contributed by atoms with van der Waals surface area (Å²) in [6.07, 6.45) is 1.83. The first-order valence-electron chi connectivity index (χ1n) is 6.26. The molecule has 0 aromatic heterocycles. The molecule has 0 heterocycles. The quantitative estimate of drug-likeness (QED) is 0.396. The molecule has 0 radical (unpaired) electrons. The summed E-state index contributed by atoms with van der Waals surface area (Å²) >= 11 is 0. The molecule has 0 spiro atoms. The smallest absolute Gasteiger partial charge is 0.243 e. The zero-order valence-corrected chi connectivity index (χ0v) is 12.6. The Morgan fingerprint density at radius 2 is 1.62 bits per heavy atom. The predicted octanol–water partition coefficient (Wildman–Crippen LogP) is 0.227. The lowest BCUT2D eigenvalue weighted by Crippen LogP contribution is -2.41. The molecule has 8 heteroatoms. The summed E-state index contributed by atoms with van der Waals surface area (Å²) in [6, 6.07) is 0. The van der Waals surface area contributed by atoms with Crippen LogP contribution in [0.5, 0.6) is 0 Å². The molecular formula is C13H19N2O5P. The maximum absolute atomic E-state index is 11.2. The van der Waals surface area contributed by atoms with E-state index in [0.717, 1.165) is 12.2 Å². The summed E-state index contributed by atoms with van der Waals surface area (Å²) in [7, 11) is -0.221. The van der Waals surface area contributed by atoms with Gasteiger partial charge in [0, 0.05) is 19.5 Å². The summed E-state index contributed by atoms with van der Waals surface area (Å²) in [5, 5.41) is 5.08. The van der Waals surface area contributed by atoms with Gasteiger partial charge in [-0.05, 0) is 12.2 Å². The molecule has 0 rings (SSSR count). The minimum absolute atomic E-state index is 0.0472. The molecule has 2 amide bonds. The molecule has 0 saturated heterocycles. The molecule has 2 N–H and O–H groups in total. The molecule has 0 aromatic rings. The lowest BCUT2D eigenvalue weighted by molar-refractivity contribution is -0.120. The lowest BCUT2D eigenvalue weighted by Gasteiger charge is -2.18. The zero-order chi connectivity index (χ0) is 16.1. The van der Waals surface area contributed by atoms with Crippen LogP contribution in [-0.4, -0.2) is 49.6 Å². The highest BCUT2D eigenvalue weighted by Crippen LogP contribution is 1.98. The topological polar surface area (TPSA) is 102 Å². The summed E-state index contributed by atoms with van der Waals surface area (Å²) in [5.41, 5.74) is 0. The van der Waals surface area contributed by atoms with E-state index in [2.05, 4.69) is 23.8 Å².